The van der Waals surface area contributed by atoms with Gasteiger partial charge in [0.25, 0.3) is 11.8 Å². The monoisotopic (exact) mass is 460 g/mol. The number of benzene rings is 2. The van der Waals surface area contributed by atoms with Crippen LogP contribution in [0.5, 0.6) is 5.75 Å². The first-order chi connectivity index (χ1) is 16.5. The molecule has 0 bridgehead atoms. The van der Waals surface area contributed by atoms with E-state index in [1.54, 1.807) is 33.8 Å². The lowest BCUT2D eigenvalue weighted by atomic mass is 9.90. The van der Waals surface area contributed by atoms with Gasteiger partial charge in [0.1, 0.15) is 18.1 Å². The Hall–Kier alpha value is -3.78. The smallest absolute Gasteiger partial charge is 0.273 e. The molecule has 176 valence electrons. The number of hydrogen-bond donors (Lipinski definition) is 2. The molecule has 2 aliphatic rings. The Balaban J connectivity index is 1.20. The molecule has 1 fully saturated rings. The van der Waals surface area contributed by atoms with E-state index in [4.69, 9.17) is 4.74 Å². The highest BCUT2D eigenvalue weighted by molar-refractivity contribution is 5.95. The lowest BCUT2D eigenvalue weighted by Gasteiger charge is -2.42. The molecule has 34 heavy (non-hydrogen) atoms. The Labute approximate surface area is 198 Å². The van der Waals surface area contributed by atoms with Crippen LogP contribution in [0, 0.1) is 0 Å². The van der Waals surface area contributed by atoms with E-state index in [1.807, 2.05) is 54.6 Å². The number of methoxy groups -OCH3 is 1. The fourth-order valence-corrected chi connectivity index (χ4v) is 4.65. The van der Waals surface area contributed by atoms with Crippen molar-refractivity contribution in [3.63, 3.8) is 0 Å². The summed E-state index contributed by atoms with van der Waals surface area (Å²) in [5.74, 6) is 0.633. The molecule has 0 spiro atoms. The van der Waals surface area contributed by atoms with Crippen LogP contribution in [0.1, 0.15) is 33.7 Å². The molecule has 3 heterocycles. The molecule has 2 N–H and O–H groups in total. The van der Waals surface area contributed by atoms with E-state index >= 15 is 0 Å². The number of carbonyl (C=O) groups excluding carboxylic acids is 2. The summed E-state index contributed by atoms with van der Waals surface area (Å²) in [6.45, 7) is 1.46. The van der Waals surface area contributed by atoms with Crippen LogP contribution in [-0.2, 0) is 0 Å². The summed E-state index contributed by atoms with van der Waals surface area (Å²) in [5.41, 5.74) is 5.33. The molecule has 3 aromatic rings. The van der Waals surface area contributed by atoms with Crippen LogP contribution in [0.2, 0.25) is 0 Å². The molecule has 1 saturated heterocycles. The fourth-order valence-electron chi connectivity index (χ4n) is 4.65. The van der Waals surface area contributed by atoms with Crippen molar-refractivity contribution in [3.8, 4) is 16.9 Å². The van der Waals surface area contributed by atoms with Gasteiger partial charge in [-0.3, -0.25) is 14.3 Å². The molecular formula is C26H28N4O4. The zero-order valence-electron chi connectivity index (χ0n) is 19.1. The quantitative estimate of drug-likeness (QED) is 0.612. The van der Waals surface area contributed by atoms with Gasteiger partial charge < -0.3 is 25.1 Å². The summed E-state index contributed by atoms with van der Waals surface area (Å²) in [6.07, 6.45) is 2.64. The highest BCUT2D eigenvalue weighted by Gasteiger charge is 2.38. The van der Waals surface area contributed by atoms with Crippen molar-refractivity contribution >= 4 is 11.8 Å². The van der Waals surface area contributed by atoms with Gasteiger partial charge in [-0.2, -0.15) is 0 Å². The maximum Gasteiger partial charge on any atom is 0.273 e. The predicted molar refractivity (Wildman–Crippen MR) is 128 cm³/mol. The minimum atomic E-state index is -1.01. The predicted octanol–water partition coefficient (Wildman–Crippen LogP) is 2.79. The van der Waals surface area contributed by atoms with Crippen molar-refractivity contribution in [3.05, 3.63) is 78.1 Å². The van der Waals surface area contributed by atoms with Crippen molar-refractivity contribution < 1.29 is 19.4 Å². The molecule has 0 radical (unpaired) electrons. The van der Waals surface area contributed by atoms with Gasteiger partial charge in [0.2, 0.25) is 0 Å². The number of amides is 2. The second-order valence-electron chi connectivity index (χ2n) is 8.91. The Morgan fingerprint density at radius 3 is 2.56 bits per heavy atom. The number of carbonyl (C=O) groups is 2. The molecule has 2 aliphatic heterocycles. The summed E-state index contributed by atoms with van der Waals surface area (Å²) >= 11 is 0. The summed E-state index contributed by atoms with van der Waals surface area (Å²) < 4.78 is 6.99. The van der Waals surface area contributed by atoms with Crippen molar-refractivity contribution in [2.45, 2.75) is 18.4 Å². The van der Waals surface area contributed by atoms with Gasteiger partial charge in [0.15, 0.2) is 0 Å². The third-order valence-electron chi connectivity index (χ3n) is 6.69. The van der Waals surface area contributed by atoms with Gasteiger partial charge in [-0.25, -0.2) is 0 Å². The molecule has 0 unspecified atom stereocenters. The normalized spacial score (nSPS) is 17.2. The van der Waals surface area contributed by atoms with E-state index in [-0.39, 0.29) is 18.4 Å². The summed E-state index contributed by atoms with van der Waals surface area (Å²) in [6, 6.07) is 18.9. The van der Waals surface area contributed by atoms with Crippen LogP contribution < -0.4 is 10.2 Å². The lowest BCUT2D eigenvalue weighted by Crippen LogP contribution is -2.56. The Morgan fingerprint density at radius 2 is 1.82 bits per heavy atom. The van der Waals surface area contributed by atoms with Gasteiger partial charge in [-0.05, 0) is 60.4 Å². The maximum absolute atomic E-state index is 13.1. The highest BCUT2D eigenvalue weighted by atomic mass is 16.5. The molecule has 2 amide bonds. The number of rotatable bonds is 5. The van der Waals surface area contributed by atoms with Crippen LogP contribution in [0.3, 0.4) is 0 Å². The zero-order chi connectivity index (χ0) is 23.7. The first-order valence-corrected chi connectivity index (χ1v) is 11.4. The van der Waals surface area contributed by atoms with E-state index in [9.17, 15) is 14.7 Å². The number of aromatic nitrogens is 1. The first kappa shape index (κ1) is 22.0. The van der Waals surface area contributed by atoms with E-state index in [0.29, 0.717) is 43.9 Å². The molecule has 0 aliphatic carbocycles. The van der Waals surface area contributed by atoms with E-state index in [0.717, 1.165) is 16.9 Å². The highest BCUT2D eigenvalue weighted by Crippen LogP contribution is 2.27. The second-order valence-corrected chi connectivity index (χ2v) is 8.91. The number of fused-ring (bicyclic) bond motifs is 1. The largest absolute Gasteiger partial charge is 0.497 e. The minimum absolute atomic E-state index is 0.0483. The van der Waals surface area contributed by atoms with E-state index < -0.39 is 5.60 Å². The fraction of sp³-hybridized carbons (Fsp3) is 0.308. The number of hydrogen-bond acceptors (Lipinski definition) is 5. The molecule has 2 aromatic carbocycles. The lowest BCUT2D eigenvalue weighted by molar-refractivity contribution is -0.0369. The van der Waals surface area contributed by atoms with Gasteiger partial charge in [0.05, 0.1) is 19.3 Å². The summed E-state index contributed by atoms with van der Waals surface area (Å²) in [7, 11) is 1.64. The van der Waals surface area contributed by atoms with Crippen LogP contribution in [0.25, 0.3) is 11.1 Å². The number of ether oxygens (including phenoxy) is 1. The Bertz CT molecular complexity index is 1200. The molecule has 5 rings (SSSR count). The Morgan fingerprint density at radius 1 is 1.06 bits per heavy atom. The van der Waals surface area contributed by atoms with Crippen molar-refractivity contribution in [1.82, 2.24) is 14.5 Å². The standard InChI is InChI=1S/C26H28N4O4/c1-34-22-5-2-4-21(16-22)19-7-9-20(10-8-19)24(31)28-14-11-26(33,12-15-28)17-29-18-27-30-13-3-6-23(30)25(29)32/h2-10,13,16,27,33H,11-12,14-15,17-18H2,1H3. The van der Waals surface area contributed by atoms with Gasteiger partial charge in [0, 0.05) is 24.8 Å². The van der Waals surface area contributed by atoms with Gasteiger partial charge >= 0.3 is 0 Å². The molecule has 0 atom stereocenters. The van der Waals surface area contributed by atoms with Crippen molar-refractivity contribution in [1.29, 1.82) is 0 Å². The number of nitrogens with zero attached hydrogens (tertiary/aromatic N) is 3. The molecule has 1 aromatic heterocycles. The average molecular weight is 461 g/mol. The van der Waals surface area contributed by atoms with Crippen LogP contribution in [-0.4, -0.2) is 70.4 Å². The van der Waals surface area contributed by atoms with Gasteiger partial charge in [-0.1, -0.05) is 24.3 Å². The minimum Gasteiger partial charge on any atom is -0.497 e. The first-order valence-electron chi connectivity index (χ1n) is 11.4. The molecular weight excluding hydrogens is 432 g/mol. The third-order valence-corrected chi connectivity index (χ3v) is 6.69. The van der Waals surface area contributed by atoms with Gasteiger partial charge in [-0.15, -0.1) is 0 Å². The van der Waals surface area contributed by atoms with Crippen LogP contribution in [0.4, 0.5) is 0 Å². The van der Waals surface area contributed by atoms with E-state index in [2.05, 4.69) is 5.43 Å². The number of likely N-dealkylation sites (tertiary alicyclic amines) is 1. The topological polar surface area (TPSA) is 87.0 Å². The third kappa shape index (κ3) is 4.24. The average Bonchev–Trinajstić information content (AvgIpc) is 3.36. The van der Waals surface area contributed by atoms with E-state index in [1.165, 1.54) is 0 Å². The van der Waals surface area contributed by atoms with Crippen molar-refractivity contribution in [2.75, 3.05) is 38.8 Å². The summed E-state index contributed by atoms with van der Waals surface area (Å²) in [4.78, 5) is 29.2. The summed E-state index contributed by atoms with van der Waals surface area (Å²) in [5, 5.41) is 11.1. The molecule has 8 heteroatoms. The molecule has 8 nitrogen and oxygen atoms in total. The molecule has 0 saturated carbocycles. The maximum atomic E-state index is 13.1. The number of aliphatic hydroxyl groups is 1. The van der Waals surface area contributed by atoms with Crippen LogP contribution in [0.15, 0.2) is 66.9 Å². The Kier molecular flexibility index (Phi) is 5.75. The zero-order valence-corrected chi connectivity index (χ0v) is 19.1. The van der Waals surface area contributed by atoms with Crippen LogP contribution >= 0.6 is 0 Å². The SMILES string of the molecule is COc1cccc(-c2ccc(C(=O)N3CCC(O)(CN4CNn5cccc5C4=O)CC3)cc2)c1. The number of β-amino-alcohol motifs (C(OH)–C–C–N with tert-alkyl or cyclic N) is 1. The number of piperidine rings is 1. The second kappa shape index (κ2) is 8.87. The van der Waals surface area contributed by atoms with Crippen molar-refractivity contribution in [2.24, 2.45) is 0 Å². The number of nitrogens with one attached hydrogen (secondary N) is 1.